The maximum absolute atomic E-state index is 5.52. The summed E-state index contributed by atoms with van der Waals surface area (Å²) in [7, 11) is 0. The molecular formula is C23H49NO. The van der Waals surface area contributed by atoms with E-state index in [4.69, 9.17) is 10.5 Å². The molecule has 2 N–H and O–H groups in total. The van der Waals surface area contributed by atoms with Gasteiger partial charge in [-0.1, -0.05) is 116 Å². The van der Waals surface area contributed by atoms with Crippen LogP contribution in [-0.4, -0.2) is 19.8 Å². The van der Waals surface area contributed by atoms with Gasteiger partial charge in [0.2, 0.25) is 0 Å². The van der Waals surface area contributed by atoms with Gasteiger partial charge in [0.15, 0.2) is 0 Å². The molecule has 0 spiro atoms. The van der Waals surface area contributed by atoms with Gasteiger partial charge in [-0.05, 0) is 19.4 Å². The fourth-order valence-corrected chi connectivity index (χ4v) is 3.39. The fourth-order valence-electron chi connectivity index (χ4n) is 3.39. The van der Waals surface area contributed by atoms with Gasteiger partial charge in [0, 0.05) is 13.2 Å². The predicted octanol–water partition coefficient (Wildman–Crippen LogP) is 7.39. The van der Waals surface area contributed by atoms with E-state index in [1.54, 1.807) is 0 Å². The second-order valence-electron chi connectivity index (χ2n) is 7.77. The average molecular weight is 356 g/mol. The van der Waals surface area contributed by atoms with Gasteiger partial charge in [-0.3, -0.25) is 0 Å². The zero-order valence-corrected chi connectivity index (χ0v) is 17.5. The van der Waals surface area contributed by atoms with Crippen molar-refractivity contribution >= 4 is 0 Å². The minimum atomic E-state index is 0.749. The molecule has 0 rings (SSSR count). The van der Waals surface area contributed by atoms with Crippen molar-refractivity contribution in [1.29, 1.82) is 0 Å². The zero-order chi connectivity index (χ0) is 18.3. The molecule has 0 radical (unpaired) electrons. The summed E-state index contributed by atoms with van der Waals surface area (Å²) >= 11 is 0. The Labute approximate surface area is 159 Å². The lowest BCUT2D eigenvalue weighted by Crippen LogP contribution is -2.04. The molecule has 152 valence electrons. The Hall–Kier alpha value is -0.0800. The first-order chi connectivity index (χ1) is 12.4. The molecule has 0 amide bonds. The first-order valence-corrected chi connectivity index (χ1v) is 11.7. The summed E-state index contributed by atoms with van der Waals surface area (Å²) in [4.78, 5) is 0. The summed E-state index contributed by atoms with van der Waals surface area (Å²) in [6.45, 7) is 4.82. The van der Waals surface area contributed by atoms with Crippen molar-refractivity contribution in [3.63, 3.8) is 0 Å². The van der Waals surface area contributed by atoms with E-state index in [0.29, 0.717) is 0 Å². The second kappa shape index (κ2) is 23.9. The van der Waals surface area contributed by atoms with Crippen molar-refractivity contribution in [2.75, 3.05) is 19.8 Å². The van der Waals surface area contributed by atoms with Crippen molar-refractivity contribution in [3.8, 4) is 0 Å². The van der Waals surface area contributed by atoms with Gasteiger partial charge in [0.1, 0.15) is 0 Å². The van der Waals surface area contributed by atoms with E-state index in [9.17, 15) is 0 Å². The van der Waals surface area contributed by atoms with Crippen LogP contribution in [0.2, 0.25) is 0 Å². The molecular weight excluding hydrogens is 306 g/mol. The molecule has 0 aliphatic carbocycles. The third-order valence-electron chi connectivity index (χ3n) is 5.14. The third-order valence-corrected chi connectivity index (χ3v) is 5.14. The van der Waals surface area contributed by atoms with Crippen molar-refractivity contribution in [2.45, 2.75) is 129 Å². The van der Waals surface area contributed by atoms with Gasteiger partial charge in [-0.2, -0.15) is 0 Å². The summed E-state index contributed by atoms with van der Waals surface area (Å²) in [5, 5.41) is 0. The lowest BCUT2D eigenvalue weighted by atomic mass is 10.0. The highest BCUT2D eigenvalue weighted by molar-refractivity contribution is 4.50. The zero-order valence-electron chi connectivity index (χ0n) is 17.5. The van der Waals surface area contributed by atoms with E-state index in [2.05, 4.69) is 6.92 Å². The van der Waals surface area contributed by atoms with Crippen molar-refractivity contribution in [1.82, 2.24) is 0 Å². The number of unbranched alkanes of at least 4 members (excludes halogenated alkanes) is 17. The molecule has 0 aliphatic rings. The fraction of sp³-hybridized carbons (Fsp3) is 1.00. The van der Waals surface area contributed by atoms with Crippen LogP contribution in [0, 0.1) is 0 Å². The lowest BCUT2D eigenvalue weighted by Gasteiger charge is -2.04. The van der Waals surface area contributed by atoms with Crippen LogP contribution in [0.1, 0.15) is 129 Å². The van der Waals surface area contributed by atoms with Crippen molar-refractivity contribution in [3.05, 3.63) is 0 Å². The Kier molecular flexibility index (Phi) is 23.8. The van der Waals surface area contributed by atoms with Gasteiger partial charge in [0.05, 0.1) is 0 Å². The topological polar surface area (TPSA) is 35.2 Å². The Bertz CT molecular complexity index is 198. The molecule has 0 heterocycles. The van der Waals surface area contributed by atoms with Crippen LogP contribution in [0.3, 0.4) is 0 Å². The molecule has 25 heavy (non-hydrogen) atoms. The number of rotatable bonds is 22. The van der Waals surface area contributed by atoms with Crippen LogP contribution in [0.5, 0.6) is 0 Å². The Morgan fingerprint density at radius 2 is 0.760 bits per heavy atom. The van der Waals surface area contributed by atoms with Gasteiger partial charge >= 0.3 is 0 Å². The van der Waals surface area contributed by atoms with E-state index < -0.39 is 0 Å². The maximum Gasteiger partial charge on any atom is 0.0478 e. The minimum Gasteiger partial charge on any atom is -0.381 e. The highest BCUT2D eigenvalue weighted by Gasteiger charge is 1.95. The van der Waals surface area contributed by atoms with Crippen LogP contribution in [0.25, 0.3) is 0 Å². The summed E-state index contributed by atoms with van der Waals surface area (Å²) in [5.74, 6) is 0. The molecule has 2 heteroatoms. The van der Waals surface area contributed by atoms with E-state index >= 15 is 0 Å². The van der Waals surface area contributed by atoms with E-state index in [0.717, 1.165) is 26.2 Å². The minimum absolute atomic E-state index is 0.749. The van der Waals surface area contributed by atoms with Crippen molar-refractivity contribution < 1.29 is 4.74 Å². The van der Waals surface area contributed by atoms with Crippen LogP contribution >= 0.6 is 0 Å². The van der Waals surface area contributed by atoms with Crippen molar-refractivity contribution in [2.24, 2.45) is 5.73 Å². The molecule has 0 fully saturated rings. The second-order valence-corrected chi connectivity index (χ2v) is 7.77. The molecule has 0 aromatic heterocycles. The molecule has 0 atom stereocenters. The van der Waals surface area contributed by atoms with Crippen LogP contribution in [0.15, 0.2) is 0 Å². The lowest BCUT2D eigenvalue weighted by molar-refractivity contribution is 0.129. The SMILES string of the molecule is CCCCCCCCCCCCCCCCCCCCOCCCN. The van der Waals surface area contributed by atoms with Gasteiger partial charge in [0.25, 0.3) is 0 Å². The van der Waals surface area contributed by atoms with E-state index in [-0.39, 0.29) is 0 Å². The quantitative estimate of drug-likeness (QED) is 0.205. The van der Waals surface area contributed by atoms with Gasteiger partial charge in [-0.25, -0.2) is 0 Å². The highest BCUT2D eigenvalue weighted by atomic mass is 16.5. The molecule has 0 bridgehead atoms. The predicted molar refractivity (Wildman–Crippen MR) is 113 cm³/mol. The summed E-state index contributed by atoms with van der Waals surface area (Å²) in [6, 6.07) is 0. The van der Waals surface area contributed by atoms with E-state index in [1.807, 2.05) is 0 Å². The molecule has 0 saturated carbocycles. The summed E-state index contributed by atoms with van der Waals surface area (Å²) < 4.78 is 5.52. The molecule has 0 saturated heterocycles. The van der Waals surface area contributed by atoms with Crippen LogP contribution in [-0.2, 0) is 4.74 Å². The molecule has 0 unspecified atom stereocenters. The third kappa shape index (κ3) is 23.9. The Morgan fingerprint density at radius 3 is 1.12 bits per heavy atom. The average Bonchev–Trinajstić information content (AvgIpc) is 2.63. The summed E-state index contributed by atoms with van der Waals surface area (Å²) in [5.41, 5.74) is 5.43. The van der Waals surface area contributed by atoms with E-state index in [1.165, 1.54) is 116 Å². The molecule has 2 nitrogen and oxygen atoms in total. The molecule has 0 aliphatic heterocycles. The molecule has 0 aromatic rings. The largest absolute Gasteiger partial charge is 0.381 e. The Balaban J connectivity index is 2.94. The van der Waals surface area contributed by atoms with Crippen LogP contribution in [0.4, 0.5) is 0 Å². The smallest absolute Gasteiger partial charge is 0.0478 e. The van der Waals surface area contributed by atoms with Gasteiger partial charge in [-0.15, -0.1) is 0 Å². The first-order valence-electron chi connectivity index (χ1n) is 11.7. The maximum atomic E-state index is 5.52. The first kappa shape index (κ1) is 24.9. The number of nitrogens with two attached hydrogens (primary N) is 1. The number of hydrogen-bond donors (Lipinski definition) is 1. The normalized spacial score (nSPS) is 11.3. The monoisotopic (exact) mass is 355 g/mol. The van der Waals surface area contributed by atoms with Crippen LogP contribution < -0.4 is 5.73 Å². The highest BCUT2D eigenvalue weighted by Crippen LogP contribution is 2.14. The standard InChI is InChI=1S/C23H49NO/c1-2-3-4-5-6-7-8-9-10-11-12-13-14-15-16-17-18-19-22-25-23-20-21-24/h2-24H2,1H3. The Morgan fingerprint density at radius 1 is 0.440 bits per heavy atom. The molecule has 0 aromatic carbocycles. The number of hydrogen-bond acceptors (Lipinski definition) is 2. The van der Waals surface area contributed by atoms with Gasteiger partial charge < -0.3 is 10.5 Å². The number of ether oxygens (including phenoxy) is 1. The summed E-state index contributed by atoms with van der Waals surface area (Å²) in [6.07, 6.45) is 26.7.